The van der Waals surface area contributed by atoms with Crippen molar-refractivity contribution >= 4 is 0 Å². The summed E-state index contributed by atoms with van der Waals surface area (Å²) in [6.07, 6.45) is 9.16. The Morgan fingerprint density at radius 2 is 2.29 bits per heavy atom. The highest BCUT2D eigenvalue weighted by molar-refractivity contribution is 5.16. The summed E-state index contributed by atoms with van der Waals surface area (Å²) in [5, 5.41) is 3.80. The quantitative estimate of drug-likeness (QED) is 0.744. The number of nitrogens with zero attached hydrogens (tertiary/aromatic N) is 2. The number of rotatable bonds is 6. The van der Waals surface area contributed by atoms with Crippen molar-refractivity contribution < 1.29 is 0 Å². The summed E-state index contributed by atoms with van der Waals surface area (Å²) < 4.78 is 0. The molecule has 1 saturated heterocycles. The van der Waals surface area contributed by atoms with Gasteiger partial charge in [-0.3, -0.25) is 10.4 Å². The highest BCUT2D eigenvalue weighted by Gasteiger charge is 2.37. The van der Waals surface area contributed by atoms with Crippen LogP contribution in [-0.2, 0) is 0 Å². The third-order valence-electron chi connectivity index (χ3n) is 6.01. The second kappa shape index (κ2) is 7.91. The standard InChI is InChI=1S/C19H33N5/c1-15-6-4-8-19(10-15,24(2)3)14-21-12-17-13-22-23-18(17)16-7-5-9-20-11-16/h5,7,9,11,15,17-18,21-23H,4,6,8,10,12-14H2,1-3H3. The lowest BCUT2D eigenvalue weighted by Gasteiger charge is -2.45. The van der Waals surface area contributed by atoms with Crippen molar-refractivity contribution in [1.29, 1.82) is 0 Å². The molecule has 3 N–H and O–H groups in total. The van der Waals surface area contributed by atoms with E-state index in [-0.39, 0.29) is 0 Å². The smallest absolute Gasteiger partial charge is 0.0530 e. The lowest BCUT2D eigenvalue weighted by molar-refractivity contribution is 0.0742. The van der Waals surface area contributed by atoms with Crippen molar-refractivity contribution in [2.75, 3.05) is 33.7 Å². The lowest BCUT2D eigenvalue weighted by Crippen LogP contribution is -2.54. The van der Waals surface area contributed by atoms with E-state index >= 15 is 0 Å². The van der Waals surface area contributed by atoms with Crippen LogP contribution in [0.4, 0.5) is 0 Å². The Morgan fingerprint density at radius 3 is 3.00 bits per heavy atom. The van der Waals surface area contributed by atoms with E-state index in [9.17, 15) is 0 Å². The maximum Gasteiger partial charge on any atom is 0.0530 e. The number of pyridine rings is 1. The van der Waals surface area contributed by atoms with Gasteiger partial charge in [0.25, 0.3) is 0 Å². The Kier molecular flexibility index (Phi) is 5.87. The zero-order valence-electron chi connectivity index (χ0n) is 15.4. The molecule has 0 bridgehead atoms. The minimum absolute atomic E-state index is 0.320. The van der Waals surface area contributed by atoms with Gasteiger partial charge >= 0.3 is 0 Å². The monoisotopic (exact) mass is 331 g/mol. The van der Waals surface area contributed by atoms with E-state index in [1.54, 1.807) is 0 Å². The molecule has 1 saturated carbocycles. The molecule has 1 aromatic rings. The van der Waals surface area contributed by atoms with Crippen LogP contribution in [0, 0.1) is 11.8 Å². The fourth-order valence-corrected chi connectivity index (χ4v) is 4.49. The Bertz CT molecular complexity index is 506. The number of likely N-dealkylation sites (N-methyl/N-ethyl adjacent to an activating group) is 1. The van der Waals surface area contributed by atoms with E-state index in [4.69, 9.17) is 0 Å². The Balaban J connectivity index is 1.56. The van der Waals surface area contributed by atoms with E-state index in [2.05, 4.69) is 53.1 Å². The van der Waals surface area contributed by atoms with Crippen molar-refractivity contribution in [1.82, 2.24) is 26.1 Å². The normalized spacial score (nSPS) is 33.9. The first-order valence-corrected chi connectivity index (χ1v) is 9.37. The zero-order valence-corrected chi connectivity index (χ0v) is 15.4. The highest BCUT2D eigenvalue weighted by Crippen LogP contribution is 2.35. The summed E-state index contributed by atoms with van der Waals surface area (Å²) in [6, 6.07) is 4.52. The molecule has 5 heteroatoms. The van der Waals surface area contributed by atoms with Gasteiger partial charge in [-0.15, -0.1) is 0 Å². The molecule has 0 amide bonds. The van der Waals surface area contributed by atoms with Crippen LogP contribution in [-0.4, -0.2) is 49.2 Å². The third-order valence-corrected chi connectivity index (χ3v) is 6.01. The molecule has 1 aliphatic carbocycles. The van der Waals surface area contributed by atoms with Gasteiger partial charge in [-0.05, 0) is 44.5 Å². The molecular weight excluding hydrogens is 298 g/mol. The molecule has 0 spiro atoms. The van der Waals surface area contributed by atoms with E-state index in [1.165, 1.54) is 31.2 Å². The van der Waals surface area contributed by atoms with Crippen LogP contribution in [0.3, 0.4) is 0 Å². The average Bonchev–Trinajstić information content (AvgIpc) is 3.04. The molecule has 4 unspecified atom stereocenters. The molecule has 4 atom stereocenters. The SMILES string of the molecule is CC1CCCC(CNCC2CNNC2c2cccnc2)(N(C)C)C1. The second-order valence-electron chi connectivity index (χ2n) is 8.00. The Hall–Kier alpha value is -1.01. The average molecular weight is 332 g/mol. The van der Waals surface area contributed by atoms with Crippen molar-refractivity contribution in [3.8, 4) is 0 Å². The zero-order chi connectivity index (χ0) is 17.0. The molecule has 2 fully saturated rings. The predicted molar refractivity (Wildman–Crippen MR) is 98.5 cm³/mol. The van der Waals surface area contributed by atoms with Gasteiger partial charge in [0.2, 0.25) is 0 Å². The maximum absolute atomic E-state index is 4.27. The Labute approximate surface area is 146 Å². The minimum Gasteiger partial charge on any atom is -0.314 e. The first-order valence-electron chi connectivity index (χ1n) is 9.37. The van der Waals surface area contributed by atoms with Gasteiger partial charge < -0.3 is 10.2 Å². The molecule has 1 aliphatic heterocycles. The van der Waals surface area contributed by atoms with Crippen molar-refractivity contribution in [3.05, 3.63) is 30.1 Å². The molecule has 24 heavy (non-hydrogen) atoms. The molecule has 134 valence electrons. The van der Waals surface area contributed by atoms with Crippen LogP contribution >= 0.6 is 0 Å². The van der Waals surface area contributed by atoms with Crippen LogP contribution in [0.2, 0.25) is 0 Å². The van der Waals surface area contributed by atoms with Gasteiger partial charge in [-0.1, -0.05) is 25.8 Å². The van der Waals surface area contributed by atoms with Gasteiger partial charge in [-0.25, -0.2) is 5.43 Å². The molecular formula is C19H33N5. The Morgan fingerprint density at radius 1 is 1.42 bits per heavy atom. The molecule has 2 aliphatic rings. The van der Waals surface area contributed by atoms with Crippen LogP contribution in [0.5, 0.6) is 0 Å². The minimum atomic E-state index is 0.320. The molecule has 3 rings (SSSR count). The predicted octanol–water partition coefficient (Wildman–Crippen LogP) is 1.95. The highest BCUT2D eigenvalue weighted by atomic mass is 15.4. The number of hydrogen-bond donors (Lipinski definition) is 3. The van der Waals surface area contributed by atoms with E-state index in [1.807, 2.05) is 18.5 Å². The lowest BCUT2D eigenvalue weighted by atomic mass is 9.75. The second-order valence-corrected chi connectivity index (χ2v) is 8.00. The number of aromatic nitrogens is 1. The summed E-state index contributed by atoms with van der Waals surface area (Å²) in [4.78, 5) is 6.72. The largest absolute Gasteiger partial charge is 0.314 e. The summed E-state index contributed by atoms with van der Waals surface area (Å²) >= 11 is 0. The van der Waals surface area contributed by atoms with Gasteiger partial charge in [-0.2, -0.15) is 0 Å². The fraction of sp³-hybridized carbons (Fsp3) is 0.737. The van der Waals surface area contributed by atoms with Crippen LogP contribution in [0.15, 0.2) is 24.5 Å². The summed E-state index contributed by atoms with van der Waals surface area (Å²) in [7, 11) is 4.49. The van der Waals surface area contributed by atoms with E-state index < -0.39 is 0 Å². The van der Waals surface area contributed by atoms with Gasteiger partial charge in [0.15, 0.2) is 0 Å². The molecule has 5 nitrogen and oxygen atoms in total. The van der Waals surface area contributed by atoms with Crippen molar-refractivity contribution in [2.24, 2.45) is 11.8 Å². The summed E-state index contributed by atoms with van der Waals surface area (Å²) in [6.45, 7) is 5.52. The van der Waals surface area contributed by atoms with Crippen molar-refractivity contribution in [3.63, 3.8) is 0 Å². The molecule has 0 aromatic carbocycles. The van der Waals surface area contributed by atoms with Gasteiger partial charge in [0.1, 0.15) is 0 Å². The first-order chi connectivity index (χ1) is 11.6. The third kappa shape index (κ3) is 3.97. The van der Waals surface area contributed by atoms with Gasteiger partial charge in [0, 0.05) is 43.5 Å². The van der Waals surface area contributed by atoms with Crippen molar-refractivity contribution in [2.45, 2.75) is 44.2 Å². The number of hydrazine groups is 1. The molecule has 1 aromatic heterocycles. The summed E-state index contributed by atoms with van der Waals surface area (Å²) in [5.74, 6) is 1.38. The van der Waals surface area contributed by atoms with Gasteiger partial charge in [0.05, 0.1) is 6.04 Å². The fourth-order valence-electron chi connectivity index (χ4n) is 4.49. The van der Waals surface area contributed by atoms with E-state index in [0.29, 0.717) is 17.5 Å². The number of nitrogens with one attached hydrogen (secondary N) is 3. The van der Waals surface area contributed by atoms with Crippen LogP contribution in [0.1, 0.15) is 44.2 Å². The molecule has 2 heterocycles. The van der Waals surface area contributed by atoms with Crippen LogP contribution in [0.25, 0.3) is 0 Å². The maximum atomic E-state index is 4.27. The topological polar surface area (TPSA) is 52.2 Å². The summed E-state index contributed by atoms with van der Waals surface area (Å²) in [5.41, 5.74) is 8.32. The first kappa shape index (κ1) is 17.8. The number of hydrogen-bond acceptors (Lipinski definition) is 5. The van der Waals surface area contributed by atoms with E-state index in [0.717, 1.165) is 25.6 Å². The van der Waals surface area contributed by atoms with Crippen LogP contribution < -0.4 is 16.2 Å². The molecule has 0 radical (unpaired) electrons.